The Morgan fingerprint density at radius 2 is 1.92 bits per heavy atom. The second-order valence-electron chi connectivity index (χ2n) is 7.33. The first kappa shape index (κ1) is 15.8. The van der Waals surface area contributed by atoms with Crippen LogP contribution in [0.1, 0.15) is 12.8 Å². The number of piperazine rings is 1. The van der Waals surface area contributed by atoms with Crippen LogP contribution in [0.3, 0.4) is 0 Å². The smallest absolute Gasteiger partial charge is 0.180 e. The largest absolute Gasteiger partial charge is 0.351 e. The Labute approximate surface area is 152 Å². The van der Waals surface area contributed by atoms with Gasteiger partial charge in [0.25, 0.3) is 0 Å². The fourth-order valence-electron chi connectivity index (χ4n) is 3.80. The van der Waals surface area contributed by atoms with Crippen LogP contribution in [-0.4, -0.2) is 52.0 Å². The molecule has 0 unspecified atom stereocenters. The van der Waals surface area contributed by atoms with Gasteiger partial charge in [-0.3, -0.25) is 9.30 Å². The maximum atomic E-state index is 13.6. The third-order valence-electron chi connectivity index (χ3n) is 5.41. The average molecular weight is 351 g/mol. The predicted molar refractivity (Wildman–Crippen MR) is 99.8 cm³/mol. The minimum atomic E-state index is -0.237. The Morgan fingerprint density at radius 1 is 1.08 bits per heavy atom. The molecule has 0 N–H and O–H groups in total. The Balaban J connectivity index is 1.42. The number of nitrogens with zero attached hydrogens (tertiary/aromatic N) is 5. The van der Waals surface area contributed by atoms with Gasteiger partial charge in [0.05, 0.1) is 11.9 Å². The number of halogens is 1. The molecule has 1 saturated carbocycles. The highest BCUT2D eigenvalue weighted by atomic mass is 19.1. The maximum Gasteiger partial charge on any atom is 0.180 e. The molecule has 1 aliphatic carbocycles. The fraction of sp³-hybridized carbons (Fsp3) is 0.400. The summed E-state index contributed by atoms with van der Waals surface area (Å²) >= 11 is 0. The van der Waals surface area contributed by atoms with Crippen molar-refractivity contribution < 1.29 is 4.39 Å². The normalized spacial score (nSPS) is 18.6. The predicted octanol–water partition coefficient (Wildman–Crippen LogP) is 3.07. The molecule has 3 aromatic rings. The molecule has 0 spiro atoms. The van der Waals surface area contributed by atoms with Crippen molar-refractivity contribution in [3.8, 4) is 11.3 Å². The van der Waals surface area contributed by atoms with Crippen molar-refractivity contribution in [2.24, 2.45) is 5.92 Å². The zero-order chi connectivity index (χ0) is 17.5. The van der Waals surface area contributed by atoms with E-state index in [1.165, 1.54) is 25.5 Å². The van der Waals surface area contributed by atoms with E-state index in [1.807, 2.05) is 22.9 Å². The standard InChI is InChI=1S/C20H22FN5/c21-17-3-1-2-16(12-17)18-13-23-20-19(22-6-7-26(18)20)25-10-8-24(9-11-25)14-15-4-5-15/h1-3,6-7,12-13,15H,4-5,8-11,14H2. The Hall–Kier alpha value is -2.47. The molecule has 0 amide bonds. The topological polar surface area (TPSA) is 36.7 Å². The van der Waals surface area contributed by atoms with E-state index in [0.29, 0.717) is 0 Å². The van der Waals surface area contributed by atoms with Gasteiger partial charge in [0.15, 0.2) is 11.5 Å². The third kappa shape index (κ3) is 2.94. The van der Waals surface area contributed by atoms with Crippen molar-refractivity contribution in [3.05, 3.63) is 48.7 Å². The van der Waals surface area contributed by atoms with Crippen LogP contribution >= 0.6 is 0 Å². The Bertz CT molecular complexity index is 925. The van der Waals surface area contributed by atoms with Crippen molar-refractivity contribution in [2.75, 3.05) is 37.6 Å². The summed E-state index contributed by atoms with van der Waals surface area (Å²) in [6.45, 7) is 5.36. The molecule has 5 nitrogen and oxygen atoms in total. The molecule has 2 aromatic heterocycles. The van der Waals surface area contributed by atoms with Gasteiger partial charge in [-0.2, -0.15) is 0 Å². The van der Waals surface area contributed by atoms with Gasteiger partial charge in [-0.05, 0) is 30.9 Å². The summed E-state index contributed by atoms with van der Waals surface area (Å²) in [6.07, 6.45) is 8.31. The van der Waals surface area contributed by atoms with Gasteiger partial charge in [0.2, 0.25) is 0 Å². The highest BCUT2D eigenvalue weighted by molar-refractivity contribution is 5.71. The van der Waals surface area contributed by atoms with Crippen molar-refractivity contribution >= 4 is 11.5 Å². The monoisotopic (exact) mass is 351 g/mol. The molecule has 1 aliphatic heterocycles. The molecule has 1 saturated heterocycles. The Morgan fingerprint density at radius 3 is 2.69 bits per heavy atom. The summed E-state index contributed by atoms with van der Waals surface area (Å²) < 4.78 is 15.6. The van der Waals surface area contributed by atoms with Crippen LogP contribution in [-0.2, 0) is 0 Å². The van der Waals surface area contributed by atoms with E-state index in [4.69, 9.17) is 0 Å². The summed E-state index contributed by atoms with van der Waals surface area (Å²) in [5.74, 6) is 1.61. The number of aromatic nitrogens is 3. The van der Waals surface area contributed by atoms with Crippen LogP contribution in [0, 0.1) is 11.7 Å². The van der Waals surface area contributed by atoms with Crippen molar-refractivity contribution in [2.45, 2.75) is 12.8 Å². The SMILES string of the molecule is Fc1cccc(-c2cnc3c(N4CCN(CC5CC5)CC4)nccn23)c1. The number of fused-ring (bicyclic) bond motifs is 1. The first-order chi connectivity index (χ1) is 12.8. The zero-order valence-electron chi connectivity index (χ0n) is 14.7. The van der Waals surface area contributed by atoms with E-state index < -0.39 is 0 Å². The van der Waals surface area contributed by atoms with Crippen molar-refractivity contribution in [1.29, 1.82) is 0 Å². The molecular weight excluding hydrogens is 329 g/mol. The summed E-state index contributed by atoms with van der Waals surface area (Å²) in [5.41, 5.74) is 2.54. The lowest BCUT2D eigenvalue weighted by Crippen LogP contribution is -2.47. The quantitative estimate of drug-likeness (QED) is 0.724. The third-order valence-corrected chi connectivity index (χ3v) is 5.41. The van der Waals surface area contributed by atoms with Crippen molar-refractivity contribution in [3.63, 3.8) is 0 Å². The number of anilines is 1. The second-order valence-corrected chi connectivity index (χ2v) is 7.33. The molecule has 1 aromatic carbocycles. The molecule has 26 heavy (non-hydrogen) atoms. The molecule has 3 heterocycles. The summed E-state index contributed by atoms with van der Waals surface area (Å²) in [6, 6.07) is 6.63. The number of rotatable bonds is 4. The minimum Gasteiger partial charge on any atom is -0.351 e. The summed E-state index contributed by atoms with van der Waals surface area (Å²) in [5, 5.41) is 0. The maximum absolute atomic E-state index is 13.6. The number of imidazole rings is 1. The first-order valence-electron chi connectivity index (χ1n) is 9.33. The van der Waals surface area contributed by atoms with E-state index in [1.54, 1.807) is 18.3 Å². The average Bonchev–Trinajstić information content (AvgIpc) is 3.37. The zero-order valence-corrected chi connectivity index (χ0v) is 14.7. The molecule has 134 valence electrons. The van der Waals surface area contributed by atoms with E-state index in [-0.39, 0.29) is 5.82 Å². The second kappa shape index (κ2) is 6.36. The van der Waals surface area contributed by atoms with Crippen LogP contribution in [0.2, 0.25) is 0 Å². The Kier molecular flexibility index (Phi) is 3.85. The molecule has 2 fully saturated rings. The molecule has 0 bridgehead atoms. The van der Waals surface area contributed by atoms with Crippen molar-refractivity contribution in [1.82, 2.24) is 19.3 Å². The molecule has 5 rings (SSSR count). The van der Waals surface area contributed by atoms with Gasteiger partial charge in [-0.1, -0.05) is 12.1 Å². The van der Waals surface area contributed by atoms with Gasteiger partial charge in [0.1, 0.15) is 5.82 Å². The number of benzene rings is 1. The first-order valence-corrected chi connectivity index (χ1v) is 9.33. The number of hydrogen-bond acceptors (Lipinski definition) is 4. The van der Waals surface area contributed by atoms with Gasteiger partial charge >= 0.3 is 0 Å². The van der Waals surface area contributed by atoms with Gasteiger partial charge in [-0.25, -0.2) is 14.4 Å². The van der Waals surface area contributed by atoms with E-state index in [2.05, 4.69) is 19.8 Å². The van der Waals surface area contributed by atoms with Gasteiger partial charge in [-0.15, -0.1) is 0 Å². The molecule has 2 aliphatic rings. The van der Waals surface area contributed by atoms with Crippen LogP contribution < -0.4 is 4.90 Å². The molecule has 6 heteroatoms. The van der Waals surface area contributed by atoms with Crippen LogP contribution in [0.5, 0.6) is 0 Å². The minimum absolute atomic E-state index is 0.237. The molecule has 0 radical (unpaired) electrons. The lowest BCUT2D eigenvalue weighted by molar-refractivity contribution is 0.247. The highest BCUT2D eigenvalue weighted by Gasteiger charge is 2.27. The van der Waals surface area contributed by atoms with E-state index >= 15 is 0 Å². The van der Waals surface area contributed by atoms with Gasteiger partial charge in [0, 0.05) is 50.7 Å². The number of hydrogen-bond donors (Lipinski definition) is 0. The highest BCUT2D eigenvalue weighted by Crippen LogP contribution is 2.30. The fourth-order valence-corrected chi connectivity index (χ4v) is 3.80. The van der Waals surface area contributed by atoms with Crippen LogP contribution in [0.15, 0.2) is 42.9 Å². The summed E-state index contributed by atoms with van der Waals surface area (Å²) in [4.78, 5) is 14.1. The van der Waals surface area contributed by atoms with E-state index in [9.17, 15) is 4.39 Å². The molecular formula is C20H22FN5. The van der Waals surface area contributed by atoms with E-state index in [0.717, 1.165) is 54.8 Å². The molecule has 0 atom stereocenters. The lowest BCUT2D eigenvalue weighted by Gasteiger charge is -2.35. The van der Waals surface area contributed by atoms with Crippen LogP contribution in [0.25, 0.3) is 16.9 Å². The van der Waals surface area contributed by atoms with Gasteiger partial charge < -0.3 is 4.90 Å². The summed E-state index contributed by atoms with van der Waals surface area (Å²) in [7, 11) is 0. The van der Waals surface area contributed by atoms with Crippen LogP contribution in [0.4, 0.5) is 10.2 Å². The lowest BCUT2D eigenvalue weighted by atomic mass is 10.1.